The average Bonchev–Trinajstić information content (AvgIpc) is 3.42. The zero-order valence-electron chi connectivity index (χ0n) is 20.3. The molecule has 0 fully saturated rings. The number of Topliss-reactive ketones (excluding diaryl/α,β-unsaturated/α-hetero) is 1. The van der Waals surface area contributed by atoms with Crippen molar-refractivity contribution in [1.29, 1.82) is 0 Å². The highest BCUT2D eigenvalue weighted by atomic mass is 32.2. The summed E-state index contributed by atoms with van der Waals surface area (Å²) >= 11 is 2.78. The SMILES string of the molecule is O=C(CSc1nc2sc(-c3ccccc3)cc2c(=O)n1-c1ccccc1)c1ccc(-c2ccccc2)cc1. The molecule has 0 saturated carbocycles. The highest BCUT2D eigenvalue weighted by molar-refractivity contribution is 7.99. The van der Waals surface area contributed by atoms with Crippen molar-refractivity contribution in [3.8, 4) is 27.3 Å². The number of para-hydroxylation sites is 1. The molecular weight excluding hydrogens is 508 g/mol. The Hall–Kier alpha value is -4.26. The van der Waals surface area contributed by atoms with Crippen LogP contribution in [0.15, 0.2) is 131 Å². The Labute approximate surface area is 228 Å². The second-order valence-corrected chi connectivity index (χ2v) is 10.7. The van der Waals surface area contributed by atoms with Crippen LogP contribution < -0.4 is 5.56 Å². The van der Waals surface area contributed by atoms with E-state index in [0.29, 0.717) is 20.9 Å². The molecule has 6 rings (SSSR count). The number of carbonyl (C=O) groups excluding carboxylic acids is 1. The van der Waals surface area contributed by atoms with Crippen LogP contribution in [0.2, 0.25) is 0 Å². The van der Waals surface area contributed by atoms with Gasteiger partial charge in [-0.25, -0.2) is 4.98 Å². The molecular formula is C32H22N2O2S2. The molecule has 0 saturated heterocycles. The molecule has 0 aliphatic rings. The molecule has 0 aliphatic carbocycles. The van der Waals surface area contributed by atoms with E-state index in [-0.39, 0.29) is 17.1 Å². The lowest BCUT2D eigenvalue weighted by Crippen LogP contribution is -2.21. The summed E-state index contributed by atoms with van der Waals surface area (Å²) < 4.78 is 1.61. The summed E-state index contributed by atoms with van der Waals surface area (Å²) in [6, 6.07) is 39.1. The maximum Gasteiger partial charge on any atom is 0.267 e. The van der Waals surface area contributed by atoms with Gasteiger partial charge in [0, 0.05) is 10.4 Å². The van der Waals surface area contributed by atoms with Crippen LogP contribution in [0, 0.1) is 0 Å². The molecule has 0 spiro atoms. The van der Waals surface area contributed by atoms with Gasteiger partial charge < -0.3 is 0 Å². The highest BCUT2D eigenvalue weighted by Crippen LogP contribution is 2.33. The van der Waals surface area contributed by atoms with Crippen LogP contribution in [0.4, 0.5) is 0 Å². The van der Waals surface area contributed by atoms with E-state index in [2.05, 4.69) is 0 Å². The van der Waals surface area contributed by atoms with Crippen molar-refractivity contribution < 1.29 is 4.79 Å². The molecule has 2 heterocycles. The summed E-state index contributed by atoms with van der Waals surface area (Å²) in [5.41, 5.74) is 4.44. The average molecular weight is 531 g/mol. The minimum absolute atomic E-state index is 0.0141. The molecule has 4 nitrogen and oxygen atoms in total. The smallest absolute Gasteiger partial charge is 0.267 e. The zero-order valence-corrected chi connectivity index (χ0v) is 21.9. The molecule has 0 N–H and O–H groups in total. The van der Waals surface area contributed by atoms with Gasteiger partial charge in [-0.3, -0.25) is 14.2 Å². The Morgan fingerprint density at radius 2 is 1.32 bits per heavy atom. The second-order valence-electron chi connectivity index (χ2n) is 8.72. The number of nitrogens with zero attached hydrogens (tertiary/aromatic N) is 2. The van der Waals surface area contributed by atoms with Crippen LogP contribution in [0.5, 0.6) is 0 Å². The molecule has 6 heteroatoms. The monoisotopic (exact) mass is 530 g/mol. The molecule has 0 amide bonds. The van der Waals surface area contributed by atoms with Gasteiger partial charge >= 0.3 is 0 Å². The normalized spacial score (nSPS) is 11.1. The number of benzene rings is 4. The van der Waals surface area contributed by atoms with Gasteiger partial charge in [0.05, 0.1) is 16.8 Å². The fourth-order valence-electron chi connectivity index (χ4n) is 4.30. The van der Waals surface area contributed by atoms with Gasteiger partial charge in [-0.15, -0.1) is 11.3 Å². The summed E-state index contributed by atoms with van der Waals surface area (Å²) in [4.78, 5) is 33.4. The number of rotatable bonds is 7. The maximum atomic E-state index is 13.7. The largest absolute Gasteiger partial charge is 0.293 e. The molecule has 0 radical (unpaired) electrons. The number of thioether (sulfide) groups is 1. The predicted molar refractivity (Wildman–Crippen MR) is 158 cm³/mol. The zero-order chi connectivity index (χ0) is 25.9. The Kier molecular flexibility index (Phi) is 6.73. The van der Waals surface area contributed by atoms with Crippen LogP contribution in [-0.2, 0) is 0 Å². The molecule has 184 valence electrons. The summed E-state index contributed by atoms with van der Waals surface area (Å²) in [6.07, 6.45) is 0. The second kappa shape index (κ2) is 10.6. The van der Waals surface area contributed by atoms with Crippen LogP contribution in [0.25, 0.3) is 37.5 Å². The van der Waals surface area contributed by atoms with E-state index in [1.54, 1.807) is 4.57 Å². The molecule has 2 aromatic heterocycles. The fraction of sp³-hybridized carbons (Fsp3) is 0.0312. The first-order chi connectivity index (χ1) is 18.7. The van der Waals surface area contributed by atoms with Crippen molar-refractivity contribution in [3.05, 3.63) is 137 Å². The van der Waals surface area contributed by atoms with E-state index in [0.717, 1.165) is 27.3 Å². The van der Waals surface area contributed by atoms with Gasteiger partial charge in [0.25, 0.3) is 5.56 Å². The van der Waals surface area contributed by atoms with Gasteiger partial charge in [-0.2, -0.15) is 0 Å². The van der Waals surface area contributed by atoms with Crippen LogP contribution >= 0.6 is 23.1 Å². The number of hydrogen-bond donors (Lipinski definition) is 0. The number of aromatic nitrogens is 2. The lowest BCUT2D eigenvalue weighted by molar-refractivity contribution is 0.102. The Bertz CT molecular complexity index is 1780. The number of fused-ring (bicyclic) bond motifs is 1. The van der Waals surface area contributed by atoms with Crippen molar-refractivity contribution in [1.82, 2.24) is 9.55 Å². The van der Waals surface area contributed by atoms with Crippen molar-refractivity contribution in [2.24, 2.45) is 0 Å². The minimum atomic E-state index is -0.137. The third-order valence-corrected chi connectivity index (χ3v) is 8.27. The van der Waals surface area contributed by atoms with Crippen molar-refractivity contribution in [3.63, 3.8) is 0 Å². The quantitative estimate of drug-likeness (QED) is 0.120. The first kappa shape index (κ1) is 24.1. The summed E-state index contributed by atoms with van der Waals surface area (Å²) in [5, 5.41) is 1.08. The van der Waals surface area contributed by atoms with Gasteiger partial charge in [0.1, 0.15) is 4.83 Å². The number of hydrogen-bond acceptors (Lipinski definition) is 5. The van der Waals surface area contributed by atoms with E-state index in [1.807, 2.05) is 121 Å². The van der Waals surface area contributed by atoms with Gasteiger partial charge in [-0.1, -0.05) is 115 Å². The van der Waals surface area contributed by atoms with Gasteiger partial charge in [0.15, 0.2) is 10.9 Å². The standard InChI is InChI=1S/C32H22N2O2S2/c35-28(24-18-16-23(17-19-24)22-10-4-1-5-11-22)21-37-32-33-30-27(20-29(38-30)25-12-6-2-7-13-25)31(36)34(32)26-14-8-3-9-15-26/h1-20H,21H2. The van der Waals surface area contributed by atoms with Crippen molar-refractivity contribution in [2.75, 3.05) is 5.75 Å². The number of ketones is 1. The first-order valence-corrected chi connectivity index (χ1v) is 14.0. The summed E-state index contributed by atoms with van der Waals surface area (Å²) in [6.45, 7) is 0. The molecule has 0 aliphatic heterocycles. The van der Waals surface area contributed by atoms with Crippen LogP contribution in [0.1, 0.15) is 10.4 Å². The predicted octanol–water partition coefficient (Wildman–Crippen LogP) is 7.76. The highest BCUT2D eigenvalue weighted by Gasteiger charge is 2.18. The summed E-state index contributed by atoms with van der Waals surface area (Å²) in [7, 11) is 0. The van der Waals surface area contributed by atoms with Crippen molar-refractivity contribution in [2.45, 2.75) is 5.16 Å². The molecule has 6 aromatic rings. The third kappa shape index (κ3) is 4.84. The van der Waals surface area contributed by atoms with Crippen LogP contribution in [-0.4, -0.2) is 21.1 Å². The Morgan fingerprint density at radius 1 is 0.737 bits per heavy atom. The summed E-state index contributed by atoms with van der Waals surface area (Å²) in [5.74, 6) is 0.159. The first-order valence-electron chi connectivity index (χ1n) is 12.2. The lowest BCUT2D eigenvalue weighted by atomic mass is 10.0. The van der Waals surface area contributed by atoms with Gasteiger partial charge in [-0.05, 0) is 34.9 Å². The van der Waals surface area contributed by atoms with Gasteiger partial charge in [0.2, 0.25) is 0 Å². The lowest BCUT2D eigenvalue weighted by Gasteiger charge is -2.12. The van der Waals surface area contributed by atoms with Crippen molar-refractivity contribution >= 4 is 39.1 Å². The molecule has 38 heavy (non-hydrogen) atoms. The minimum Gasteiger partial charge on any atom is -0.293 e. The molecule has 0 unspecified atom stereocenters. The Morgan fingerprint density at radius 3 is 1.97 bits per heavy atom. The van der Waals surface area contributed by atoms with E-state index < -0.39 is 0 Å². The Balaban J connectivity index is 1.33. The molecule has 0 atom stereocenters. The molecule has 0 bridgehead atoms. The molecule has 4 aromatic carbocycles. The third-order valence-electron chi connectivity index (χ3n) is 6.25. The maximum absolute atomic E-state index is 13.7. The van der Waals surface area contributed by atoms with E-state index >= 15 is 0 Å². The number of thiophene rings is 1. The van der Waals surface area contributed by atoms with E-state index in [4.69, 9.17) is 4.98 Å². The fourth-order valence-corrected chi connectivity index (χ4v) is 6.29. The topological polar surface area (TPSA) is 52.0 Å². The van der Waals surface area contributed by atoms with E-state index in [1.165, 1.54) is 23.1 Å². The van der Waals surface area contributed by atoms with Crippen LogP contribution in [0.3, 0.4) is 0 Å². The number of carbonyl (C=O) groups is 1. The van der Waals surface area contributed by atoms with E-state index in [9.17, 15) is 9.59 Å².